The number of nitriles is 1. The van der Waals surface area contributed by atoms with Gasteiger partial charge in [0.2, 0.25) is 0 Å². The van der Waals surface area contributed by atoms with Gasteiger partial charge >= 0.3 is 0 Å². The van der Waals surface area contributed by atoms with Crippen LogP contribution >= 0.6 is 0 Å². The van der Waals surface area contributed by atoms with Gasteiger partial charge in [0.25, 0.3) is 0 Å². The molecule has 0 spiro atoms. The second kappa shape index (κ2) is 5.09. The van der Waals surface area contributed by atoms with Crippen LogP contribution in [0.25, 0.3) is 0 Å². The van der Waals surface area contributed by atoms with Gasteiger partial charge in [0.05, 0.1) is 6.07 Å². The fourth-order valence-corrected chi connectivity index (χ4v) is 1.79. The molecule has 2 aromatic rings. The number of aromatic nitrogens is 1. The molecule has 1 aromatic heterocycles. The lowest BCUT2D eigenvalue weighted by atomic mass is 9.90. The first-order chi connectivity index (χ1) is 7.92. The van der Waals surface area contributed by atoms with E-state index in [0.29, 0.717) is 6.42 Å². The number of rotatable bonds is 3. The predicted octanol–water partition coefficient (Wildman–Crippen LogP) is 3.13. The van der Waals surface area contributed by atoms with Crippen molar-refractivity contribution in [1.29, 1.82) is 5.26 Å². The standard InChI is InChI=1S/C14H12N2/c15-9-8-14(12-5-2-1-3-6-12)13-7-4-10-16-11-13/h1-7,10-11,14H,8H2/t14-/m1/s1. The molecule has 16 heavy (non-hydrogen) atoms. The van der Waals surface area contributed by atoms with E-state index in [1.165, 1.54) is 0 Å². The van der Waals surface area contributed by atoms with Gasteiger partial charge in [0, 0.05) is 24.7 Å². The van der Waals surface area contributed by atoms with E-state index in [9.17, 15) is 0 Å². The molecule has 0 aliphatic rings. The third kappa shape index (κ3) is 2.26. The summed E-state index contributed by atoms with van der Waals surface area (Å²) in [5.41, 5.74) is 2.26. The summed E-state index contributed by atoms with van der Waals surface area (Å²) in [5, 5.41) is 8.89. The van der Waals surface area contributed by atoms with Crippen molar-refractivity contribution in [3.8, 4) is 6.07 Å². The average molecular weight is 208 g/mol. The lowest BCUT2D eigenvalue weighted by Crippen LogP contribution is -2.00. The molecule has 1 aromatic carbocycles. The van der Waals surface area contributed by atoms with Gasteiger partial charge < -0.3 is 0 Å². The summed E-state index contributed by atoms with van der Waals surface area (Å²) in [5.74, 6) is 0.125. The monoisotopic (exact) mass is 208 g/mol. The second-order valence-electron chi connectivity index (χ2n) is 3.61. The lowest BCUT2D eigenvalue weighted by molar-refractivity contribution is 0.831. The van der Waals surface area contributed by atoms with Crippen LogP contribution in [0.3, 0.4) is 0 Å². The summed E-state index contributed by atoms with van der Waals surface area (Å²) in [7, 11) is 0. The molecule has 2 rings (SSSR count). The smallest absolute Gasteiger partial charge is 0.0631 e. The molecule has 0 saturated heterocycles. The fourth-order valence-electron chi connectivity index (χ4n) is 1.79. The highest BCUT2D eigenvalue weighted by Crippen LogP contribution is 2.26. The summed E-state index contributed by atoms with van der Waals surface area (Å²) in [4.78, 5) is 4.10. The van der Waals surface area contributed by atoms with E-state index in [1.54, 1.807) is 6.20 Å². The Balaban J connectivity index is 2.36. The van der Waals surface area contributed by atoms with E-state index in [-0.39, 0.29) is 5.92 Å². The second-order valence-corrected chi connectivity index (χ2v) is 3.61. The summed E-state index contributed by atoms with van der Waals surface area (Å²) in [6, 6.07) is 16.2. The number of hydrogen-bond donors (Lipinski definition) is 0. The molecule has 0 N–H and O–H groups in total. The first-order valence-corrected chi connectivity index (χ1v) is 5.23. The fraction of sp³-hybridized carbons (Fsp3) is 0.143. The molecule has 0 saturated carbocycles. The molecule has 78 valence electrons. The van der Waals surface area contributed by atoms with E-state index >= 15 is 0 Å². The van der Waals surface area contributed by atoms with Gasteiger partial charge in [-0.2, -0.15) is 5.26 Å². The van der Waals surface area contributed by atoms with E-state index in [4.69, 9.17) is 5.26 Å². The Morgan fingerprint density at radius 1 is 1.06 bits per heavy atom. The topological polar surface area (TPSA) is 36.7 Å². The van der Waals surface area contributed by atoms with Crippen molar-refractivity contribution >= 4 is 0 Å². The van der Waals surface area contributed by atoms with E-state index in [1.807, 2.05) is 36.5 Å². The summed E-state index contributed by atoms with van der Waals surface area (Å²) in [6.07, 6.45) is 4.06. The SMILES string of the molecule is N#CC[C@H](c1ccccc1)c1cccnc1. The van der Waals surface area contributed by atoms with Crippen LogP contribution in [0.5, 0.6) is 0 Å². The van der Waals surface area contributed by atoms with Crippen LogP contribution in [0.2, 0.25) is 0 Å². The van der Waals surface area contributed by atoms with Gasteiger partial charge in [-0.1, -0.05) is 36.4 Å². The van der Waals surface area contributed by atoms with Crippen LogP contribution in [-0.4, -0.2) is 4.98 Å². The first kappa shape index (κ1) is 10.4. The van der Waals surface area contributed by atoms with Crippen LogP contribution in [0.4, 0.5) is 0 Å². The summed E-state index contributed by atoms with van der Waals surface area (Å²) >= 11 is 0. The number of hydrogen-bond acceptors (Lipinski definition) is 2. The molecule has 1 heterocycles. The Hall–Kier alpha value is -2.14. The van der Waals surface area contributed by atoms with E-state index < -0.39 is 0 Å². The van der Waals surface area contributed by atoms with Crippen LogP contribution in [0.1, 0.15) is 23.5 Å². The van der Waals surface area contributed by atoms with Gasteiger partial charge in [0.15, 0.2) is 0 Å². The van der Waals surface area contributed by atoms with Gasteiger partial charge in [0.1, 0.15) is 0 Å². The highest BCUT2D eigenvalue weighted by Gasteiger charge is 2.13. The highest BCUT2D eigenvalue weighted by molar-refractivity contribution is 5.31. The minimum atomic E-state index is 0.125. The number of nitrogens with zero attached hydrogens (tertiary/aromatic N) is 2. The maximum atomic E-state index is 8.89. The Morgan fingerprint density at radius 3 is 2.44 bits per heavy atom. The summed E-state index contributed by atoms with van der Waals surface area (Å²) < 4.78 is 0. The minimum absolute atomic E-state index is 0.125. The molecule has 2 heteroatoms. The Bertz CT molecular complexity index is 432. The predicted molar refractivity (Wildman–Crippen MR) is 62.8 cm³/mol. The van der Waals surface area contributed by atoms with Crippen LogP contribution < -0.4 is 0 Å². The quantitative estimate of drug-likeness (QED) is 0.777. The van der Waals surface area contributed by atoms with Crippen LogP contribution in [-0.2, 0) is 0 Å². The van der Waals surface area contributed by atoms with Crippen LogP contribution in [0, 0.1) is 11.3 Å². The summed E-state index contributed by atoms with van der Waals surface area (Å²) in [6.45, 7) is 0. The zero-order chi connectivity index (χ0) is 11.2. The van der Waals surface area contributed by atoms with Crippen molar-refractivity contribution in [2.24, 2.45) is 0 Å². The maximum Gasteiger partial charge on any atom is 0.0631 e. The number of pyridine rings is 1. The van der Waals surface area contributed by atoms with Crippen molar-refractivity contribution in [3.05, 3.63) is 66.0 Å². The molecule has 1 atom stereocenters. The van der Waals surface area contributed by atoms with Gasteiger partial charge in [-0.3, -0.25) is 4.98 Å². The largest absolute Gasteiger partial charge is 0.264 e. The van der Waals surface area contributed by atoms with Crippen molar-refractivity contribution in [1.82, 2.24) is 4.98 Å². The van der Waals surface area contributed by atoms with Crippen molar-refractivity contribution in [2.75, 3.05) is 0 Å². The van der Waals surface area contributed by atoms with Gasteiger partial charge in [-0.25, -0.2) is 0 Å². The average Bonchev–Trinajstić information content (AvgIpc) is 2.38. The Labute approximate surface area is 95.2 Å². The number of benzene rings is 1. The first-order valence-electron chi connectivity index (χ1n) is 5.23. The van der Waals surface area contributed by atoms with Gasteiger partial charge in [-0.15, -0.1) is 0 Å². The van der Waals surface area contributed by atoms with Crippen molar-refractivity contribution < 1.29 is 0 Å². The molecule has 0 aliphatic heterocycles. The minimum Gasteiger partial charge on any atom is -0.264 e. The van der Waals surface area contributed by atoms with E-state index in [0.717, 1.165) is 11.1 Å². The highest BCUT2D eigenvalue weighted by atomic mass is 14.6. The molecular weight excluding hydrogens is 196 g/mol. The molecule has 0 unspecified atom stereocenters. The third-order valence-corrected chi connectivity index (χ3v) is 2.58. The molecule has 0 radical (unpaired) electrons. The zero-order valence-corrected chi connectivity index (χ0v) is 8.88. The van der Waals surface area contributed by atoms with Crippen molar-refractivity contribution in [2.45, 2.75) is 12.3 Å². The maximum absolute atomic E-state index is 8.89. The molecule has 0 fully saturated rings. The molecule has 0 aliphatic carbocycles. The Morgan fingerprint density at radius 2 is 1.81 bits per heavy atom. The van der Waals surface area contributed by atoms with Crippen LogP contribution in [0.15, 0.2) is 54.9 Å². The normalized spacial score (nSPS) is 11.7. The van der Waals surface area contributed by atoms with Crippen molar-refractivity contribution in [3.63, 3.8) is 0 Å². The molecule has 2 nitrogen and oxygen atoms in total. The third-order valence-electron chi connectivity index (χ3n) is 2.58. The van der Waals surface area contributed by atoms with Gasteiger partial charge in [-0.05, 0) is 17.2 Å². The molecule has 0 bridgehead atoms. The van der Waals surface area contributed by atoms with E-state index in [2.05, 4.69) is 23.2 Å². The molecular formula is C14H12N2. The zero-order valence-electron chi connectivity index (χ0n) is 8.88. The Kier molecular flexibility index (Phi) is 3.30. The molecule has 0 amide bonds. The lowest BCUT2D eigenvalue weighted by Gasteiger charge is -2.13.